The molecule has 1 saturated carbocycles. The van der Waals surface area contributed by atoms with E-state index >= 15 is 0 Å². The second kappa shape index (κ2) is 7.10. The van der Waals surface area contributed by atoms with Crippen molar-refractivity contribution in [3.63, 3.8) is 0 Å². The maximum Gasteiger partial charge on any atom is 0.227 e. The van der Waals surface area contributed by atoms with Crippen molar-refractivity contribution >= 4 is 11.8 Å². The number of aromatic nitrogens is 2. The monoisotopic (exact) mass is 288 g/mol. The van der Waals surface area contributed by atoms with Crippen LogP contribution < -0.4 is 10.2 Å². The molecule has 2 heterocycles. The quantitative estimate of drug-likeness (QED) is 0.858. The minimum absolute atomic E-state index is 0.594. The van der Waals surface area contributed by atoms with Gasteiger partial charge in [0.2, 0.25) is 5.95 Å². The zero-order chi connectivity index (χ0) is 14.5. The number of rotatable bonds is 3. The Balaban J connectivity index is 1.62. The van der Waals surface area contributed by atoms with Gasteiger partial charge in [0, 0.05) is 25.3 Å². The van der Waals surface area contributed by atoms with Gasteiger partial charge in [0.1, 0.15) is 5.82 Å². The van der Waals surface area contributed by atoms with Crippen molar-refractivity contribution in [1.82, 2.24) is 9.97 Å². The van der Waals surface area contributed by atoms with Crippen LogP contribution >= 0.6 is 0 Å². The Morgan fingerprint density at radius 1 is 1.05 bits per heavy atom. The largest absolute Gasteiger partial charge is 0.367 e. The van der Waals surface area contributed by atoms with Crippen molar-refractivity contribution in [2.45, 2.75) is 64.3 Å². The van der Waals surface area contributed by atoms with Crippen molar-refractivity contribution in [2.75, 3.05) is 23.3 Å². The maximum absolute atomic E-state index is 4.75. The lowest BCUT2D eigenvalue weighted by Gasteiger charge is -2.30. The van der Waals surface area contributed by atoms with Gasteiger partial charge < -0.3 is 10.2 Å². The molecule has 0 aromatic carbocycles. The third-order valence-corrected chi connectivity index (χ3v) is 4.92. The highest BCUT2D eigenvalue weighted by molar-refractivity contribution is 5.42. The molecule has 1 aromatic heterocycles. The summed E-state index contributed by atoms with van der Waals surface area (Å²) in [4.78, 5) is 11.6. The second-order valence-corrected chi connectivity index (χ2v) is 6.74. The Morgan fingerprint density at radius 2 is 1.76 bits per heavy atom. The van der Waals surface area contributed by atoms with Crippen LogP contribution in [0.5, 0.6) is 0 Å². The van der Waals surface area contributed by atoms with Gasteiger partial charge in [-0.2, -0.15) is 4.98 Å². The molecule has 21 heavy (non-hydrogen) atoms. The molecule has 1 N–H and O–H groups in total. The number of nitrogens with zero attached hydrogens (tertiary/aromatic N) is 3. The molecule has 0 unspecified atom stereocenters. The Kier molecular flexibility index (Phi) is 4.94. The van der Waals surface area contributed by atoms with E-state index < -0.39 is 0 Å². The summed E-state index contributed by atoms with van der Waals surface area (Å²) in [5.41, 5.74) is 0. The molecule has 0 amide bonds. The summed E-state index contributed by atoms with van der Waals surface area (Å²) in [5, 5.41) is 3.63. The molecule has 1 aromatic rings. The molecule has 2 aliphatic rings. The van der Waals surface area contributed by atoms with Gasteiger partial charge in [-0.15, -0.1) is 0 Å². The van der Waals surface area contributed by atoms with Crippen molar-refractivity contribution < 1.29 is 0 Å². The minimum atomic E-state index is 0.594. The fraction of sp³-hybridized carbons (Fsp3) is 0.765. The number of hydrogen-bond acceptors (Lipinski definition) is 4. The van der Waals surface area contributed by atoms with Gasteiger partial charge in [-0.05, 0) is 37.7 Å². The summed E-state index contributed by atoms with van der Waals surface area (Å²) < 4.78 is 0. The van der Waals surface area contributed by atoms with E-state index in [9.17, 15) is 0 Å². The molecule has 3 rings (SSSR count). The van der Waals surface area contributed by atoms with Crippen LogP contribution in [-0.2, 0) is 0 Å². The highest BCUT2D eigenvalue weighted by atomic mass is 15.3. The van der Waals surface area contributed by atoms with E-state index in [-0.39, 0.29) is 0 Å². The molecule has 2 fully saturated rings. The molecule has 0 radical (unpaired) electrons. The second-order valence-electron chi connectivity index (χ2n) is 6.74. The summed E-state index contributed by atoms with van der Waals surface area (Å²) in [7, 11) is 0. The molecule has 0 bridgehead atoms. The maximum atomic E-state index is 4.75. The normalized spacial score (nSPS) is 22.0. The van der Waals surface area contributed by atoms with Crippen LogP contribution in [0.3, 0.4) is 0 Å². The van der Waals surface area contributed by atoms with Crippen LogP contribution in [0.2, 0.25) is 0 Å². The molecule has 0 atom stereocenters. The van der Waals surface area contributed by atoms with Crippen LogP contribution in [0, 0.1) is 5.92 Å². The zero-order valence-electron chi connectivity index (χ0n) is 13.2. The topological polar surface area (TPSA) is 41.1 Å². The lowest BCUT2D eigenvalue weighted by atomic mass is 10.00. The number of nitrogens with one attached hydrogen (secondary N) is 1. The van der Waals surface area contributed by atoms with Crippen LogP contribution in [0.25, 0.3) is 0 Å². The van der Waals surface area contributed by atoms with Crippen LogP contribution in [0.4, 0.5) is 11.8 Å². The van der Waals surface area contributed by atoms with Crippen LogP contribution in [0.15, 0.2) is 12.3 Å². The highest BCUT2D eigenvalue weighted by Crippen LogP contribution is 2.23. The van der Waals surface area contributed by atoms with Gasteiger partial charge >= 0.3 is 0 Å². The summed E-state index contributed by atoms with van der Waals surface area (Å²) in [6.45, 7) is 4.52. The van der Waals surface area contributed by atoms with Crippen molar-refractivity contribution in [1.29, 1.82) is 0 Å². The first-order valence-corrected chi connectivity index (χ1v) is 8.66. The molecule has 1 aliphatic heterocycles. The first-order valence-electron chi connectivity index (χ1n) is 8.66. The van der Waals surface area contributed by atoms with Crippen LogP contribution in [0.1, 0.15) is 58.3 Å². The first kappa shape index (κ1) is 14.6. The van der Waals surface area contributed by atoms with E-state index in [1.807, 2.05) is 12.3 Å². The zero-order valence-corrected chi connectivity index (χ0v) is 13.2. The molecule has 116 valence electrons. The van der Waals surface area contributed by atoms with E-state index in [0.717, 1.165) is 30.8 Å². The molecule has 1 saturated heterocycles. The highest BCUT2D eigenvalue weighted by Gasteiger charge is 2.19. The predicted octanol–water partition coefficient (Wildman–Crippen LogP) is 3.85. The Hall–Kier alpha value is -1.32. The molecule has 4 nitrogen and oxygen atoms in total. The number of hydrogen-bond donors (Lipinski definition) is 1. The molecular formula is C17H28N4. The average molecular weight is 288 g/mol. The summed E-state index contributed by atoms with van der Waals surface area (Å²) in [6.07, 6.45) is 12.4. The third-order valence-electron chi connectivity index (χ3n) is 4.92. The minimum Gasteiger partial charge on any atom is -0.367 e. The van der Waals surface area contributed by atoms with Gasteiger partial charge in [0.05, 0.1) is 0 Å². The Bertz CT molecular complexity index is 432. The van der Waals surface area contributed by atoms with E-state index in [1.165, 1.54) is 51.4 Å². The van der Waals surface area contributed by atoms with Crippen molar-refractivity contribution in [3.05, 3.63) is 12.3 Å². The SMILES string of the molecule is CC1CCN(c2nccc(NC3CCCCCC3)n2)CC1. The molecule has 4 heteroatoms. The first-order chi connectivity index (χ1) is 10.3. The smallest absolute Gasteiger partial charge is 0.227 e. The molecule has 0 spiro atoms. The van der Waals surface area contributed by atoms with Crippen molar-refractivity contribution in [2.24, 2.45) is 5.92 Å². The third kappa shape index (κ3) is 4.08. The van der Waals surface area contributed by atoms with Crippen molar-refractivity contribution in [3.8, 4) is 0 Å². The summed E-state index contributed by atoms with van der Waals surface area (Å²) in [6, 6.07) is 2.61. The predicted molar refractivity (Wildman–Crippen MR) is 87.8 cm³/mol. The standard InChI is InChI=1S/C17H28N4/c1-14-9-12-21(13-10-14)17-18-11-8-16(20-17)19-15-6-4-2-3-5-7-15/h8,11,14-15H,2-7,9-10,12-13H2,1H3,(H,18,19,20). The molecular weight excluding hydrogens is 260 g/mol. The van der Waals surface area contributed by atoms with E-state index in [0.29, 0.717) is 6.04 Å². The van der Waals surface area contributed by atoms with E-state index in [4.69, 9.17) is 4.98 Å². The van der Waals surface area contributed by atoms with Gasteiger partial charge in [0.25, 0.3) is 0 Å². The van der Waals surface area contributed by atoms with Gasteiger partial charge in [-0.1, -0.05) is 32.6 Å². The summed E-state index contributed by atoms with van der Waals surface area (Å²) >= 11 is 0. The Morgan fingerprint density at radius 3 is 2.48 bits per heavy atom. The average Bonchev–Trinajstić information content (AvgIpc) is 2.77. The fourth-order valence-corrected chi connectivity index (χ4v) is 3.42. The summed E-state index contributed by atoms with van der Waals surface area (Å²) in [5.74, 6) is 2.75. The lowest BCUT2D eigenvalue weighted by molar-refractivity contribution is 0.434. The fourth-order valence-electron chi connectivity index (χ4n) is 3.42. The molecule has 1 aliphatic carbocycles. The van der Waals surface area contributed by atoms with Gasteiger partial charge in [-0.25, -0.2) is 4.98 Å². The Labute approximate surface area is 128 Å². The van der Waals surface area contributed by atoms with Crippen LogP contribution in [-0.4, -0.2) is 29.1 Å². The number of anilines is 2. The van der Waals surface area contributed by atoms with E-state index in [1.54, 1.807) is 0 Å². The van der Waals surface area contributed by atoms with E-state index in [2.05, 4.69) is 22.1 Å². The van der Waals surface area contributed by atoms with Gasteiger partial charge in [0.15, 0.2) is 0 Å². The van der Waals surface area contributed by atoms with Gasteiger partial charge in [-0.3, -0.25) is 0 Å². The number of piperidine rings is 1. The lowest BCUT2D eigenvalue weighted by Crippen LogP contribution is -2.34.